The largest absolute Gasteiger partial charge is 0.480 e. The highest BCUT2D eigenvalue weighted by Crippen LogP contribution is 2.35. The van der Waals surface area contributed by atoms with Crippen LogP contribution in [0.1, 0.15) is 45.4 Å². The van der Waals surface area contributed by atoms with Gasteiger partial charge in [0.15, 0.2) is 0 Å². The number of rotatable bonds is 5. The summed E-state index contributed by atoms with van der Waals surface area (Å²) in [6.45, 7) is 1.85. The molecule has 2 N–H and O–H groups in total. The molecular weight excluding hydrogens is 250 g/mol. The van der Waals surface area contributed by atoms with E-state index in [0.717, 1.165) is 32.1 Å². The molecule has 0 aromatic rings. The number of carbonyl (C=O) groups is 3. The van der Waals surface area contributed by atoms with Gasteiger partial charge in [0.05, 0.1) is 13.5 Å². The molecule has 1 amide bonds. The van der Waals surface area contributed by atoms with Gasteiger partial charge in [-0.3, -0.25) is 9.59 Å². The van der Waals surface area contributed by atoms with E-state index in [1.807, 2.05) is 6.92 Å². The van der Waals surface area contributed by atoms with Crippen LogP contribution in [0.4, 0.5) is 0 Å². The zero-order chi connectivity index (χ0) is 14.5. The van der Waals surface area contributed by atoms with Crippen molar-refractivity contribution >= 4 is 17.8 Å². The molecule has 0 aromatic carbocycles. The Hall–Kier alpha value is -1.59. The van der Waals surface area contributed by atoms with E-state index in [9.17, 15) is 14.4 Å². The number of amides is 1. The van der Waals surface area contributed by atoms with E-state index in [1.54, 1.807) is 0 Å². The van der Waals surface area contributed by atoms with E-state index in [4.69, 9.17) is 5.11 Å². The van der Waals surface area contributed by atoms with Gasteiger partial charge in [0.2, 0.25) is 5.91 Å². The van der Waals surface area contributed by atoms with E-state index in [0.29, 0.717) is 0 Å². The van der Waals surface area contributed by atoms with Gasteiger partial charge in [-0.2, -0.15) is 0 Å². The SMILES string of the molecule is COC(=O)CC(NC(=O)C1(C)CCCCC1)C(=O)O. The molecule has 1 saturated carbocycles. The first-order valence-corrected chi connectivity index (χ1v) is 6.49. The second-order valence-electron chi connectivity index (χ2n) is 5.27. The maximum Gasteiger partial charge on any atom is 0.326 e. The van der Waals surface area contributed by atoms with Crippen molar-refractivity contribution in [3.63, 3.8) is 0 Å². The number of hydrogen-bond donors (Lipinski definition) is 2. The number of aliphatic carboxylic acids is 1. The molecule has 108 valence electrons. The summed E-state index contributed by atoms with van der Waals surface area (Å²) < 4.78 is 4.43. The predicted octanol–water partition coefficient (Wildman–Crippen LogP) is 1.09. The Morgan fingerprint density at radius 2 is 1.84 bits per heavy atom. The van der Waals surface area contributed by atoms with Gasteiger partial charge in [0, 0.05) is 5.41 Å². The molecule has 0 radical (unpaired) electrons. The first-order chi connectivity index (χ1) is 8.89. The lowest BCUT2D eigenvalue weighted by Crippen LogP contribution is -2.49. The van der Waals surface area contributed by atoms with Gasteiger partial charge in [0.25, 0.3) is 0 Å². The van der Waals surface area contributed by atoms with Crippen LogP contribution >= 0.6 is 0 Å². The van der Waals surface area contributed by atoms with E-state index in [-0.39, 0.29) is 12.3 Å². The lowest BCUT2D eigenvalue weighted by Gasteiger charge is -2.33. The van der Waals surface area contributed by atoms with Crippen molar-refractivity contribution in [3.05, 3.63) is 0 Å². The van der Waals surface area contributed by atoms with E-state index in [2.05, 4.69) is 10.1 Å². The van der Waals surface area contributed by atoms with Crippen LogP contribution in [-0.4, -0.2) is 36.1 Å². The highest BCUT2D eigenvalue weighted by atomic mass is 16.5. The topological polar surface area (TPSA) is 92.7 Å². The Balaban J connectivity index is 2.65. The van der Waals surface area contributed by atoms with Crippen molar-refractivity contribution in [2.45, 2.75) is 51.5 Å². The molecule has 6 nitrogen and oxygen atoms in total. The average Bonchev–Trinajstić information content (AvgIpc) is 2.38. The second-order valence-corrected chi connectivity index (χ2v) is 5.27. The van der Waals surface area contributed by atoms with E-state index in [1.165, 1.54) is 7.11 Å². The number of methoxy groups -OCH3 is 1. The smallest absolute Gasteiger partial charge is 0.326 e. The monoisotopic (exact) mass is 271 g/mol. The summed E-state index contributed by atoms with van der Waals surface area (Å²) in [4.78, 5) is 34.4. The lowest BCUT2D eigenvalue weighted by molar-refractivity contribution is -0.150. The van der Waals surface area contributed by atoms with Crippen LogP contribution in [0, 0.1) is 5.41 Å². The Kier molecular flexibility index (Phi) is 5.32. The summed E-state index contributed by atoms with van der Waals surface area (Å²) in [5.41, 5.74) is -0.526. The van der Waals surface area contributed by atoms with E-state index < -0.39 is 23.4 Å². The Bertz CT molecular complexity index is 360. The third-order valence-corrected chi connectivity index (χ3v) is 3.71. The first-order valence-electron chi connectivity index (χ1n) is 6.49. The van der Waals surface area contributed by atoms with Crippen molar-refractivity contribution in [2.24, 2.45) is 5.41 Å². The molecule has 19 heavy (non-hydrogen) atoms. The first kappa shape index (κ1) is 15.5. The molecule has 1 aliphatic carbocycles. The fraction of sp³-hybridized carbons (Fsp3) is 0.769. The number of carboxylic acid groups (broad SMARTS) is 1. The Labute approximate surface area is 112 Å². The molecule has 0 saturated heterocycles. The van der Waals surface area contributed by atoms with Gasteiger partial charge in [-0.15, -0.1) is 0 Å². The minimum absolute atomic E-state index is 0.288. The fourth-order valence-electron chi connectivity index (χ4n) is 2.34. The van der Waals surface area contributed by atoms with Crippen LogP contribution in [0.5, 0.6) is 0 Å². The molecule has 1 fully saturated rings. The van der Waals surface area contributed by atoms with Crippen LogP contribution in [0.25, 0.3) is 0 Å². The normalized spacial score (nSPS) is 19.3. The zero-order valence-corrected chi connectivity index (χ0v) is 11.4. The third kappa shape index (κ3) is 4.22. The Morgan fingerprint density at radius 1 is 1.26 bits per heavy atom. The zero-order valence-electron chi connectivity index (χ0n) is 11.4. The fourth-order valence-corrected chi connectivity index (χ4v) is 2.34. The molecule has 0 spiro atoms. The van der Waals surface area contributed by atoms with Crippen molar-refractivity contribution < 1.29 is 24.2 Å². The van der Waals surface area contributed by atoms with Crippen LogP contribution in [0.3, 0.4) is 0 Å². The molecule has 1 aliphatic rings. The number of carboxylic acids is 1. The van der Waals surface area contributed by atoms with Crippen molar-refractivity contribution in [3.8, 4) is 0 Å². The second kappa shape index (κ2) is 6.54. The summed E-state index contributed by atoms with van der Waals surface area (Å²) in [7, 11) is 1.19. The number of ether oxygens (including phenoxy) is 1. The van der Waals surface area contributed by atoms with Crippen molar-refractivity contribution in [2.75, 3.05) is 7.11 Å². The van der Waals surface area contributed by atoms with Gasteiger partial charge < -0.3 is 15.2 Å². The average molecular weight is 271 g/mol. The summed E-state index contributed by atoms with van der Waals surface area (Å²) in [6, 6.07) is -1.22. The summed E-state index contributed by atoms with van der Waals surface area (Å²) in [6.07, 6.45) is 4.20. The van der Waals surface area contributed by atoms with Crippen LogP contribution in [0.2, 0.25) is 0 Å². The van der Waals surface area contributed by atoms with Crippen LogP contribution < -0.4 is 5.32 Å². The van der Waals surface area contributed by atoms with Gasteiger partial charge in [0.1, 0.15) is 6.04 Å². The van der Waals surface area contributed by atoms with Crippen molar-refractivity contribution in [1.29, 1.82) is 0 Å². The molecule has 0 aromatic heterocycles. The molecule has 1 atom stereocenters. The molecule has 6 heteroatoms. The highest BCUT2D eigenvalue weighted by molar-refractivity contribution is 5.89. The number of carbonyl (C=O) groups excluding carboxylic acids is 2. The quantitative estimate of drug-likeness (QED) is 0.730. The molecule has 1 rings (SSSR count). The third-order valence-electron chi connectivity index (χ3n) is 3.71. The molecule has 0 aliphatic heterocycles. The minimum atomic E-state index is -1.22. The van der Waals surface area contributed by atoms with Crippen LogP contribution in [0.15, 0.2) is 0 Å². The number of hydrogen-bond acceptors (Lipinski definition) is 4. The molecule has 0 bridgehead atoms. The van der Waals surface area contributed by atoms with Gasteiger partial charge in [-0.05, 0) is 12.8 Å². The van der Waals surface area contributed by atoms with Gasteiger partial charge in [-0.1, -0.05) is 26.2 Å². The standard InChI is InChI=1S/C13H21NO5/c1-13(6-4-3-5-7-13)12(18)14-9(11(16)17)8-10(15)19-2/h9H,3-8H2,1-2H3,(H,14,18)(H,16,17). The van der Waals surface area contributed by atoms with Gasteiger partial charge >= 0.3 is 11.9 Å². The van der Waals surface area contributed by atoms with Crippen molar-refractivity contribution in [1.82, 2.24) is 5.32 Å². The van der Waals surface area contributed by atoms with E-state index >= 15 is 0 Å². The molecule has 0 heterocycles. The highest BCUT2D eigenvalue weighted by Gasteiger charge is 2.37. The maximum absolute atomic E-state index is 12.2. The lowest BCUT2D eigenvalue weighted by atomic mass is 9.75. The Morgan fingerprint density at radius 3 is 2.32 bits per heavy atom. The number of nitrogens with one attached hydrogen (secondary N) is 1. The van der Waals surface area contributed by atoms with Gasteiger partial charge in [-0.25, -0.2) is 4.79 Å². The minimum Gasteiger partial charge on any atom is -0.480 e. The summed E-state index contributed by atoms with van der Waals surface area (Å²) in [5.74, 6) is -2.16. The number of esters is 1. The van der Waals surface area contributed by atoms with Crippen LogP contribution in [-0.2, 0) is 19.1 Å². The summed E-state index contributed by atoms with van der Waals surface area (Å²) in [5, 5.41) is 11.5. The maximum atomic E-state index is 12.2. The molecular formula is C13H21NO5. The molecule has 1 unspecified atom stereocenters. The summed E-state index contributed by atoms with van der Waals surface area (Å²) >= 11 is 0. The predicted molar refractivity (Wildman–Crippen MR) is 67.4 cm³/mol.